The molecule has 0 amide bonds. The molecule has 4 heteroatoms. The number of Topliss-reactive ketones (excluding diaryl/α,β-unsaturated/α-hetero) is 1. The number of carbonyl (C=O) groups excluding carboxylic acids is 2. The molecule has 0 radical (unpaired) electrons. The lowest BCUT2D eigenvalue weighted by molar-refractivity contribution is -0.156. The number of carbonyl (C=O) groups is 2. The second-order valence-corrected chi connectivity index (χ2v) is 5.95. The minimum absolute atomic E-state index is 0.0217. The summed E-state index contributed by atoms with van der Waals surface area (Å²) in [5, 5.41) is 0. The molecule has 1 aliphatic carbocycles. The van der Waals surface area contributed by atoms with E-state index in [1.165, 1.54) is 0 Å². The highest BCUT2D eigenvalue weighted by Crippen LogP contribution is 2.34. The molecule has 2 unspecified atom stereocenters. The lowest BCUT2D eigenvalue weighted by Gasteiger charge is -2.20. The number of nitrogens with zero attached hydrogens (tertiary/aromatic N) is 1. The highest BCUT2D eigenvalue weighted by atomic mass is 16.6. The molecule has 18 heavy (non-hydrogen) atoms. The van der Waals surface area contributed by atoms with Gasteiger partial charge in [0.25, 0.3) is 6.54 Å². The van der Waals surface area contributed by atoms with Gasteiger partial charge < -0.3 is 9.58 Å². The Bertz CT molecular complexity index is 362. The highest BCUT2D eigenvalue weighted by molar-refractivity contribution is 5.84. The molecule has 2 atom stereocenters. The number of rotatable bonds is 4. The Hall–Kier alpha value is -1.37. The van der Waals surface area contributed by atoms with E-state index in [0.717, 1.165) is 19.3 Å². The predicted octanol–water partition coefficient (Wildman–Crippen LogP) is 2.62. The number of hydrogen-bond donors (Lipinski definition) is 0. The number of ether oxygens (including phenoxy) is 1. The van der Waals surface area contributed by atoms with Crippen LogP contribution in [0.3, 0.4) is 0 Å². The molecule has 0 bridgehead atoms. The van der Waals surface area contributed by atoms with Crippen molar-refractivity contribution in [2.75, 3.05) is 6.54 Å². The van der Waals surface area contributed by atoms with Crippen molar-refractivity contribution in [1.29, 1.82) is 0 Å². The quantitative estimate of drug-likeness (QED) is 0.570. The third-order valence-corrected chi connectivity index (χ3v) is 3.11. The minimum Gasteiger partial charge on any atom is -0.460 e. The summed E-state index contributed by atoms with van der Waals surface area (Å²) in [5.41, 5.74) is -0.449. The van der Waals surface area contributed by atoms with E-state index in [4.69, 9.17) is 11.3 Å². The maximum atomic E-state index is 11.7. The van der Waals surface area contributed by atoms with Gasteiger partial charge in [-0.2, -0.15) is 0 Å². The molecule has 1 aliphatic rings. The van der Waals surface area contributed by atoms with Gasteiger partial charge in [-0.3, -0.25) is 9.59 Å². The fraction of sp³-hybridized carbons (Fsp3) is 0.786. The molecule has 4 nitrogen and oxygen atoms in total. The normalized spacial score (nSPS) is 23.4. The first-order valence-corrected chi connectivity index (χ1v) is 6.39. The van der Waals surface area contributed by atoms with E-state index >= 15 is 0 Å². The van der Waals surface area contributed by atoms with Crippen molar-refractivity contribution in [1.82, 2.24) is 0 Å². The molecule has 0 saturated heterocycles. The molecule has 0 aromatic heterocycles. The van der Waals surface area contributed by atoms with Crippen LogP contribution in [0.5, 0.6) is 0 Å². The van der Waals surface area contributed by atoms with Gasteiger partial charge in [-0.15, -0.1) is 0 Å². The molecule has 0 aromatic carbocycles. The standard InChI is InChI=1S/C14H21NO3/c1-14(2,3)18-13(17)8-10-5-6-11(7-10)12(16)9-15-4/h10-11H,5-9H2,1-3H3. The second kappa shape index (κ2) is 5.99. The Labute approximate surface area is 109 Å². The number of esters is 1. The van der Waals surface area contributed by atoms with E-state index in [0.29, 0.717) is 6.42 Å². The fourth-order valence-corrected chi connectivity index (χ4v) is 2.38. The van der Waals surface area contributed by atoms with Crippen molar-refractivity contribution in [3.05, 3.63) is 11.4 Å². The van der Waals surface area contributed by atoms with Gasteiger partial charge in [0.05, 0.1) is 0 Å². The molecular formula is C14H21NO3. The van der Waals surface area contributed by atoms with Gasteiger partial charge in [0.2, 0.25) is 5.78 Å². The van der Waals surface area contributed by atoms with Crippen LogP contribution in [0.25, 0.3) is 4.85 Å². The van der Waals surface area contributed by atoms with Crippen LogP contribution < -0.4 is 0 Å². The zero-order valence-corrected chi connectivity index (χ0v) is 11.4. The van der Waals surface area contributed by atoms with Gasteiger partial charge in [0.1, 0.15) is 5.60 Å². The molecule has 0 N–H and O–H groups in total. The lowest BCUT2D eigenvalue weighted by Crippen LogP contribution is -2.25. The molecule has 0 heterocycles. The fourth-order valence-electron chi connectivity index (χ4n) is 2.38. The van der Waals surface area contributed by atoms with Crippen molar-refractivity contribution in [3.8, 4) is 0 Å². The Morgan fingerprint density at radius 2 is 2.00 bits per heavy atom. The second-order valence-electron chi connectivity index (χ2n) is 5.95. The predicted molar refractivity (Wildman–Crippen MR) is 67.8 cm³/mol. The lowest BCUT2D eigenvalue weighted by atomic mass is 9.98. The summed E-state index contributed by atoms with van der Waals surface area (Å²) >= 11 is 0. The third-order valence-electron chi connectivity index (χ3n) is 3.11. The first-order chi connectivity index (χ1) is 8.31. The molecule has 0 aromatic rings. The Balaban J connectivity index is 2.37. The van der Waals surface area contributed by atoms with E-state index < -0.39 is 5.60 Å². The molecular weight excluding hydrogens is 230 g/mol. The summed E-state index contributed by atoms with van der Waals surface area (Å²) in [6.45, 7) is 12.2. The summed E-state index contributed by atoms with van der Waals surface area (Å²) in [4.78, 5) is 26.4. The first kappa shape index (κ1) is 14.7. The van der Waals surface area contributed by atoms with Crippen molar-refractivity contribution >= 4 is 11.8 Å². The average Bonchev–Trinajstić information content (AvgIpc) is 2.63. The third kappa shape index (κ3) is 4.87. The van der Waals surface area contributed by atoms with E-state index in [2.05, 4.69) is 4.85 Å². The average molecular weight is 251 g/mol. The van der Waals surface area contributed by atoms with Crippen LogP contribution in [-0.4, -0.2) is 23.9 Å². The highest BCUT2D eigenvalue weighted by Gasteiger charge is 2.32. The van der Waals surface area contributed by atoms with Crippen molar-refractivity contribution in [2.45, 2.75) is 52.1 Å². The van der Waals surface area contributed by atoms with Crippen LogP contribution in [0.4, 0.5) is 0 Å². The first-order valence-electron chi connectivity index (χ1n) is 6.39. The van der Waals surface area contributed by atoms with Crippen LogP contribution in [0.15, 0.2) is 0 Å². The molecule has 0 aliphatic heterocycles. The Kier molecular flexibility index (Phi) is 4.89. The maximum absolute atomic E-state index is 11.7. The topological polar surface area (TPSA) is 47.7 Å². The summed E-state index contributed by atoms with van der Waals surface area (Å²) in [5.74, 6) is 0.0496. The monoisotopic (exact) mass is 251 g/mol. The Morgan fingerprint density at radius 1 is 1.33 bits per heavy atom. The van der Waals surface area contributed by atoms with Gasteiger partial charge in [0, 0.05) is 12.3 Å². The smallest absolute Gasteiger partial charge is 0.306 e. The number of hydrogen-bond acceptors (Lipinski definition) is 3. The van der Waals surface area contributed by atoms with Crippen molar-refractivity contribution < 1.29 is 14.3 Å². The Morgan fingerprint density at radius 3 is 2.56 bits per heavy atom. The molecule has 1 saturated carbocycles. The van der Waals surface area contributed by atoms with E-state index in [9.17, 15) is 9.59 Å². The van der Waals surface area contributed by atoms with Crippen LogP contribution in [0.1, 0.15) is 46.5 Å². The zero-order chi connectivity index (χ0) is 13.8. The van der Waals surface area contributed by atoms with Crippen LogP contribution in [0, 0.1) is 18.4 Å². The molecule has 0 spiro atoms. The van der Waals surface area contributed by atoms with Gasteiger partial charge in [-0.1, -0.05) is 0 Å². The molecule has 100 valence electrons. The largest absolute Gasteiger partial charge is 0.460 e. The zero-order valence-electron chi connectivity index (χ0n) is 11.4. The molecule has 1 rings (SSSR count). The van der Waals surface area contributed by atoms with Crippen molar-refractivity contribution in [3.63, 3.8) is 0 Å². The van der Waals surface area contributed by atoms with E-state index in [1.807, 2.05) is 20.8 Å². The van der Waals surface area contributed by atoms with Gasteiger partial charge >= 0.3 is 5.97 Å². The summed E-state index contributed by atoms with van der Waals surface area (Å²) in [7, 11) is 0. The SMILES string of the molecule is [C-]#[N+]CC(=O)C1CCC(CC(=O)OC(C)(C)C)C1. The van der Waals surface area contributed by atoms with Crippen LogP contribution in [0.2, 0.25) is 0 Å². The summed E-state index contributed by atoms with van der Waals surface area (Å²) < 4.78 is 5.27. The summed E-state index contributed by atoms with van der Waals surface area (Å²) in [6, 6.07) is 0. The number of ketones is 1. The van der Waals surface area contributed by atoms with E-state index in [-0.39, 0.29) is 30.1 Å². The van der Waals surface area contributed by atoms with E-state index in [1.54, 1.807) is 0 Å². The van der Waals surface area contributed by atoms with Crippen molar-refractivity contribution in [2.24, 2.45) is 11.8 Å². The van der Waals surface area contributed by atoms with Gasteiger partial charge in [-0.25, -0.2) is 6.57 Å². The maximum Gasteiger partial charge on any atom is 0.306 e. The molecule has 1 fully saturated rings. The van der Waals surface area contributed by atoms with Gasteiger partial charge in [-0.05, 0) is 46.0 Å². The minimum atomic E-state index is -0.449. The van der Waals surface area contributed by atoms with Crippen LogP contribution >= 0.6 is 0 Å². The van der Waals surface area contributed by atoms with Gasteiger partial charge in [0.15, 0.2) is 0 Å². The van der Waals surface area contributed by atoms with Crippen LogP contribution in [-0.2, 0) is 14.3 Å². The summed E-state index contributed by atoms with van der Waals surface area (Å²) in [6.07, 6.45) is 2.81.